The van der Waals surface area contributed by atoms with Crippen LogP contribution in [0.1, 0.15) is 12.0 Å². The van der Waals surface area contributed by atoms with Crippen molar-refractivity contribution in [2.24, 2.45) is 0 Å². The molecule has 0 aromatic heterocycles. The number of aliphatic carboxylic acids is 1. The van der Waals surface area contributed by atoms with E-state index >= 15 is 0 Å². The highest BCUT2D eigenvalue weighted by Crippen LogP contribution is 2.36. The number of ether oxygens (including phenoxy) is 2. The molecule has 0 fully saturated rings. The monoisotopic (exact) mass is 260 g/mol. The van der Waals surface area contributed by atoms with Gasteiger partial charge in [-0.1, -0.05) is 30.3 Å². The highest BCUT2D eigenvalue weighted by Gasteiger charge is 2.33. The number of carbonyl (C=O) groups is 1. The molecule has 100 valence electrons. The molecule has 0 radical (unpaired) electrons. The van der Waals surface area contributed by atoms with Crippen LogP contribution in [0.15, 0.2) is 48.1 Å². The lowest BCUT2D eigenvalue weighted by Gasteiger charge is -2.32. The number of hydrogen-bond donors (Lipinski definition) is 1. The molecule has 19 heavy (non-hydrogen) atoms. The van der Waals surface area contributed by atoms with Gasteiger partial charge in [0.1, 0.15) is 0 Å². The highest BCUT2D eigenvalue weighted by atomic mass is 16.7. The second kappa shape index (κ2) is 5.38. The summed E-state index contributed by atoms with van der Waals surface area (Å²) in [6, 6.07) is 9.41. The summed E-state index contributed by atoms with van der Waals surface area (Å²) in [5.41, 5.74) is 1.85. The quantitative estimate of drug-likeness (QED) is 0.845. The third-order valence-electron chi connectivity index (χ3n) is 3.30. The molecule has 1 N–H and O–H groups in total. The Kier molecular flexibility index (Phi) is 3.83. The fraction of sp³-hybridized carbons (Fsp3) is 0.267. The van der Waals surface area contributed by atoms with Gasteiger partial charge in [-0.05, 0) is 23.3 Å². The molecule has 1 aromatic carbocycles. The minimum atomic E-state index is -0.948. The minimum absolute atomic E-state index is 0.274. The molecule has 0 saturated carbocycles. The van der Waals surface area contributed by atoms with E-state index in [9.17, 15) is 9.90 Å². The zero-order valence-electron chi connectivity index (χ0n) is 10.9. The van der Waals surface area contributed by atoms with Crippen LogP contribution in [0.3, 0.4) is 0 Å². The van der Waals surface area contributed by atoms with Gasteiger partial charge in [-0.2, -0.15) is 0 Å². The highest BCUT2D eigenvalue weighted by molar-refractivity contribution is 6.00. The first-order valence-corrected chi connectivity index (χ1v) is 5.93. The van der Waals surface area contributed by atoms with Crippen molar-refractivity contribution in [1.29, 1.82) is 0 Å². The summed E-state index contributed by atoms with van der Waals surface area (Å²) in [5.74, 6) is -1.85. The Hall–Kier alpha value is -1.91. The van der Waals surface area contributed by atoms with E-state index in [-0.39, 0.29) is 5.57 Å². The standard InChI is InChI=1S/C15H16O4/c1-18-15(19-2)9-8-12(14(16)17)13(10-15)11-6-4-3-5-7-11/h3-9H,10H2,1-2H3,(H,16,17). The van der Waals surface area contributed by atoms with Crippen molar-refractivity contribution in [3.8, 4) is 0 Å². The van der Waals surface area contributed by atoms with Crippen molar-refractivity contribution < 1.29 is 19.4 Å². The zero-order chi connectivity index (χ0) is 13.9. The van der Waals surface area contributed by atoms with Gasteiger partial charge in [-0.25, -0.2) is 4.79 Å². The maximum Gasteiger partial charge on any atom is 0.335 e. The average Bonchev–Trinajstić information content (AvgIpc) is 2.47. The van der Waals surface area contributed by atoms with Gasteiger partial charge in [0, 0.05) is 20.6 Å². The molecule has 0 amide bonds. The molecule has 0 atom stereocenters. The van der Waals surface area contributed by atoms with Crippen molar-refractivity contribution in [2.75, 3.05) is 14.2 Å². The van der Waals surface area contributed by atoms with Gasteiger partial charge in [0.15, 0.2) is 5.79 Å². The molecule has 4 nitrogen and oxygen atoms in total. The second-order valence-corrected chi connectivity index (χ2v) is 4.29. The number of methoxy groups -OCH3 is 2. The summed E-state index contributed by atoms with van der Waals surface area (Å²) in [7, 11) is 3.09. The van der Waals surface area contributed by atoms with Gasteiger partial charge in [-0.15, -0.1) is 0 Å². The minimum Gasteiger partial charge on any atom is -0.478 e. The number of rotatable bonds is 4. The van der Waals surface area contributed by atoms with Crippen molar-refractivity contribution >= 4 is 11.5 Å². The van der Waals surface area contributed by atoms with Crippen LogP contribution in [0.2, 0.25) is 0 Å². The van der Waals surface area contributed by atoms with E-state index in [1.807, 2.05) is 30.3 Å². The lowest BCUT2D eigenvalue weighted by Crippen LogP contribution is -2.34. The maximum atomic E-state index is 11.3. The first-order chi connectivity index (χ1) is 9.12. The molecule has 0 saturated heterocycles. The van der Waals surface area contributed by atoms with Crippen molar-refractivity contribution in [2.45, 2.75) is 12.2 Å². The predicted molar refractivity (Wildman–Crippen MR) is 71.5 cm³/mol. The molecule has 2 rings (SSSR count). The van der Waals surface area contributed by atoms with Crippen LogP contribution in [0.4, 0.5) is 0 Å². The van der Waals surface area contributed by atoms with Crippen molar-refractivity contribution in [3.63, 3.8) is 0 Å². The van der Waals surface area contributed by atoms with Crippen molar-refractivity contribution in [3.05, 3.63) is 53.6 Å². The fourth-order valence-electron chi connectivity index (χ4n) is 2.17. The largest absolute Gasteiger partial charge is 0.478 e. The van der Waals surface area contributed by atoms with Crippen LogP contribution in [0.25, 0.3) is 5.57 Å². The Labute approximate surface area is 112 Å². The van der Waals surface area contributed by atoms with E-state index in [1.54, 1.807) is 26.4 Å². The summed E-state index contributed by atoms with van der Waals surface area (Å²) < 4.78 is 10.7. The molecule has 1 aromatic rings. The molecule has 0 spiro atoms. The van der Waals surface area contributed by atoms with Gasteiger partial charge < -0.3 is 14.6 Å². The second-order valence-electron chi connectivity index (χ2n) is 4.29. The van der Waals surface area contributed by atoms with E-state index < -0.39 is 11.8 Å². The fourth-order valence-corrected chi connectivity index (χ4v) is 2.17. The van der Waals surface area contributed by atoms with E-state index in [0.717, 1.165) is 5.56 Å². The Bertz CT molecular complexity index is 524. The Balaban J connectivity index is 2.50. The lowest BCUT2D eigenvalue weighted by molar-refractivity contribution is -0.166. The molecule has 4 heteroatoms. The van der Waals surface area contributed by atoms with Crippen LogP contribution in [-0.4, -0.2) is 31.1 Å². The number of benzene rings is 1. The number of carboxylic acids is 1. The number of hydrogen-bond acceptors (Lipinski definition) is 3. The van der Waals surface area contributed by atoms with Crippen LogP contribution in [0, 0.1) is 0 Å². The number of carboxylic acid groups (broad SMARTS) is 1. The molecule has 0 unspecified atom stereocenters. The molecule has 1 aliphatic carbocycles. The normalized spacial score (nSPS) is 17.6. The van der Waals surface area contributed by atoms with Gasteiger partial charge in [0.25, 0.3) is 0 Å². The van der Waals surface area contributed by atoms with Crippen LogP contribution >= 0.6 is 0 Å². The summed E-state index contributed by atoms with van der Waals surface area (Å²) in [4.78, 5) is 11.3. The predicted octanol–water partition coefficient (Wildman–Crippen LogP) is 2.47. The molecular weight excluding hydrogens is 244 g/mol. The summed E-state index contributed by atoms with van der Waals surface area (Å²) in [6.07, 6.45) is 3.55. The van der Waals surface area contributed by atoms with Gasteiger partial charge in [0.05, 0.1) is 5.57 Å². The van der Waals surface area contributed by atoms with E-state index in [1.165, 1.54) is 0 Å². The Morgan fingerprint density at radius 2 is 1.84 bits per heavy atom. The molecule has 0 heterocycles. The summed E-state index contributed by atoms with van der Waals surface area (Å²) in [5, 5.41) is 9.29. The van der Waals surface area contributed by atoms with Gasteiger partial charge >= 0.3 is 5.97 Å². The van der Waals surface area contributed by atoms with Crippen LogP contribution in [0.5, 0.6) is 0 Å². The van der Waals surface area contributed by atoms with Crippen molar-refractivity contribution in [1.82, 2.24) is 0 Å². The first-order valence-electron chi connectivity index (χ1n) is 5.93. The van der Waals surface area contributed by atoms with Crippen LogP contribution < -0.4 is 0 Å². The Morgan fingerprint density at radius 1 is 1.21 bits per heavy atom. The summed E-state index contributed by atoms with van der Waals surface area (Å²) in [6.45, 7) is 0. The smallest absolute Gasteiger partial charge is 0.335 e. The van der Waals surface area contributed by atoms with E-state index in [2.05, 4.69) is 0 Å². The van der Waals surface area contributed by atoms with E-state index in [0.29, 0.717) is 12.0 Å². The zero-order valence-corrected chi connectivity index (χ0v) is 10.9. The van der Waals surface area contributed by atoms with Gasteiger partial charge in [0.2, 0.25) is 0 Å². The topological polar surface area (TPSA) is 55.8 Å². The average molecular weight is 260 g/mol. The molecule has 0 bridgehead atoms. The Morgan fingerprint density at radius 3 is 2.37 bits per heavy atom. The third-order valence-corrected chi connectivity index (χ3v) is 3.30. The summed E-state index contributed by atoms with van der Waals surface area (Å²) >= 11 is 0. The van der Waals surface area contributed by atoms with Crippen LogP contribution in [-0.2, 0) is 14.3 Å². The lowest BCUT2D eigenvalue weighted by atomic mass is 9.88. The SMILES string of the molecule is COC1(OC)C=CC(C(=O)O)=C(c2ccccc2)C1. The third kappa shape index (κ3) is 2.59. The van der Waals surface area contributed by atoms with E-state index in [4.69, 9.17) is 9.47 Å². The molecule has 0 aliphatic heterocycles. The first kappa shape index (κ1) is 13.5. The van der Waals surface area contributed by atoms with Gasteiger partial charge in [-0.3, -0.25) is 0 Å². The molecule has 1 aliphatic rings. The molecular formula is C15H16O4. The maximum absolute atomic E-state index is 11.3.